The van der Waals surface area contributed by atoms with Gasteiger partial charge < -0.3 is 45.1 Å². The van der Waals surface area contributed by atoms with Crippen LogP contribution in [0, 0.1) is 0 Å². The molecule has 0 radical (unpaired) electrons. The summed E-state index contributed by atoms with van der Waals surface area (Å²) in [6.45, 7) is 5.68. The van der Waals surface area contributed by atoms with Crippen molar-refractivity contribution in [3.63, 3.8) is 0 Å². The van der Waals surface area contributed by atoms with Crippen LogP contribution >= 0.6 is 0 Å². The van der Waals surface area contributed by atoms with Gasteiger partial charge in [-0.3, -0.25) is 9.59 Å². The molecule has 1 amide bonds. The maximum absolute atomic E-state index is 13.4. The molecule has 0 bridgehead atoms. The van der Waals surface area contributed by atoms with Crippen LogP contribution in [0.4, 0.5) is 0 Å². The van der Waals surface area contributed by atoms with Gasteiger partial charge in [-0.05, 0) is 51.4 Å². The van der Waals surface area contributed by atoms with E-state index in [-0.39, 0.29) is 13.0 Å². The Morgan fingerprint density at radius 1 is 0.571 bits per heavy atom. The molecule has 410 valence electrons. The smallest absolute Gasteiger partial charge is 0.306 e. The van der Waals surface area contributed by atoms with Crippen LogP contribution < -0.4 is 5.32 Å². The van der Waals surface area contributed by atoms with E-state index in [1.807, 2.05) is 6.08 Å². The Morgan fingerprint density at radius 2 is 1.03 bits per heavy atom. The fourth-order valence-electron chi connectivity index (χ4n) is 9.16. The molecular formula is C59H109NO10. The first-order valence-electron chi connectivity index (χ1n) is 29.3. The van der Waals surface area contributed by atoms with E-state index >= 15 is 0 Å². The highest BCUT2D eigenvalue weighted by Crippen LogP contribution is 2.26. The lowest BCUT2D eigenvalue weighted by Gasteiger charge is -2.41. The van der Waals surface area contributed by atoms with E-state index in [0.717, 1.165) is 83.5 Å². The molecule has 0 spiro atoms. The number of carbonyl (C=O) groups is 2. The van der Waals surface area contributed by atoms with E-state index in [9.17, 15) is 35.1 Å². The summed E-state index contributed by atoms with van der Waals surface area (Å²) in [6.07, 6.45) is 44.7. The number of allylic oxidation sites excluding steroid dienone is 5. The minimum absolute atomic E-state index is 0.116. The zero-order valence-corrected chi connectivity index (χ0v) is 45.1. The third-order valence-electron chi connectivity index (χ3n) is 13.8. The van der Waals surface area contributed by atoms with Crippen molar-refractivity contribution in [2.75, 3.05) is 13.2 Å². The van der Waals surface area contributed by atoms with Crippen LogP contribution in [0.1, 0.15) is 265 Å². The van der Waals surface area contributed by atoms with Gasteiger partial charge in [0.25, 0.3) is 0 Å². The van der Waals surface area contributed by atoms with Gasteiger partial charge in [-0.25, -0.2) is 0 Å². The van der Waals surface area contributed by atoms with E-state index in [2.05, 4.69) is 50.4 Å². The summed E-state index contributed by atoms with van der Waals surface area (Å²) >= 11 is 0. The van der Waals surface area contributed by atoms with Gasteiger partial charge in [-0.15, -0.1) is 0 Å². The zero-order chi connectivity index (χ0) is 51.1. The molecule has 11 heteroatoms. The lowest BCUT2D eigenvalue weighted by molar-refractivity contribution is -0.305. The molecule has 1 heterocycles. The summed E-state index contributed by atoms with van der Waals surface area (Å²) < 4.78 is 17.6. The Labute approximate surface area is 428 Å². The molecule has 1 aliphatic rings. The minimum atomic E-state index is -1.61. The summed E-state index contributed by atoms with van der Waals surface area (Å²) in [7, 11) is 0. The molecule has 11 nitrogen and oxygen atoms in total. The second-order valence-electron chi connectivity index (χ2n) is 20.4. The van der Waals surface area contributed by atoms with Crippen molar-refractivity contribution in [2.24, 2.45) is 0 Å². The summed E-state index contributed by atoms with van der Waals surface area (Å²) in [5.41, 5.74) is 0. The van der Waals surface area contributed by atoms with E-state index < -0.39 is 67.4 Å². The van der Waals surface area contributed by atoms with Gasteiger partial charge in [0.1, 0.15) is 24.4 Å². The maximum Gasteiger partial charge on any atom is 0.306 e. The Kier molecular flexibility index (Phi) is 45.1. The largest absolute Gasteiger partial charge is 0.454 e. The molecule has 1 rings (SSSR count). The van der Waals surface area contributed by atoms with Crippen molar-refractivity contribution >= 4 is 11.9 Å². The van der Waals surface area contributed by atoms with Crippen molar-refractivity contribution in [1.29, 1.82) is 0 Å². The third kappa shape index (κ3) is 35.9. The highest BCUT2D eigenvalue weighted by molar-refractivity contribution is 5.80. The van der Waals surface area contributed by atoms with E-state index in [4.69, 9.17) is 14.2 Å². The molecule has 0 aromatic carbocycles. The van der Waals surface area contributed by atoms with Crippen LogP contribution in [0.2, 0.25) is 0 Å². The molecule has 8 unspecified atom stereocenters. The Hall–Kier alpha value is -2.12. The van der Waals surface area contributed by atoms with Gasteiger partial charge >= 0.3 is 5.97 Å². The maximum atomic E-state index is 13.4. The predicted octanol–water partition coefficient (Wildman–Crippen LogP) is 13.1. The molecule has 0 saturated carbocycles. The molecule has 0 aliphatic carbocycles. The van der Waals surface area contributed by atoms with E-state index in [1.165, 1.54) is 135 Å². The highest BCUT2D eigenvalue weighted by Gasteiger charge is 2.47. The van der Waals surface area contributed by atoms with Crippen LogP contribution in [-0.2, 0) is 23.8 Å². The SMILES string of the molecule is CC/C=C/C/C=C/CCCCCCCCCC(=O)OC1C(OCC(NC(=O)C(O)CCCCCCCCCCCCCCCCCC)C(O)/C=C/CCCCCCCCCCC)OC(CO)C(O)C1O. The monoisotopic (exact) mass is 992 g/mol. The molecular weight excluding hydrogens is 883 g/mol. The average molecular weight is 993 g/mol. The Balaban J connectivity index is 2.70. The molecule has 0 aromatic rings. The van der Waals surface area contributed by atoms with Gasteiger partial charge in [0.15, 0.2) is 12.4 Å². The first kappa shape index (κ1) is 65.9. The van der Waals surface area contributed by atoms with Crippen molar-refractivity contribution in [3.8, 4) is 0 Å². The lowest BCUT2D eigenvalue weighted by atomic mass is 9.99. The standard InChI is InChI=1S/C59H109NO10/c1-4-7-10-13-16-19-22-24-26-27-28-31-34-37-40-43-46-52(63)58(67)60-50(51(62)45-42-39-36-33-30-21-18-15-12-9-6-3)49-68-59-57(56(66)55(65)53(48-61)69-59)70-54(64)47-44-41-38-35-32-29-25-23-20-17-14-11-8-5-2/h8,11,17,20,42,45,50-53,55-57,59,61-63,65-66H,4-7,9-10,12-16,18-19,21-41,43-44,46-49H2,1-3H3,(H,60,67)/b11-8+,20-17+,45-42+. The number of aliphatic hydroxyl groups is 5. The van der Waals surface area contributed by atoms with Gasteiger partial charge in [-0.2, -0.15) is 0 Å². The fraction of sp³-hybridized carbons (Fsp3) is 0.864. The average Bonchev–Trinajstić information content (AvgIpc) is 3.36. The zero-order valence-electron chi connectivity index (χ0n) is 45.1. The van der Waals surface area contributed by atoms with Gasteiger partial charge in [0, 0.05) is 6.42 Å². The number of hydrogen-bond donors (Lipinski definition) is 6. The molecule has 1 aliphatic heterocycles. The van der Waals surface area contributed by atoms with Crippen LogP contribution in [-0.4, -0.2) is 99.6 Å². The fourth-order valence-corrected chi connectivity index (χ4v) is 9.16. The van der Waals surface area contributed by atoms with Gasteiger partial charge in [-0.1, -0.05) is 243 Å². The lowest BCUT2D eigenvalue weighted by Crippen LogP contribution is -2.61. The molecule has 1 fully saturated rings. The van der Waals surface area contributed by atoms with Gasteiger partial charge in [0.05, 0.1) is 25.4 Å². The summed E-state index contributed by atoms with van der Waals surface area (Å²) in [5.74, 6) is -1.20. The Bertz CT molecular complexity index is 1280. The van der Waals surface area contributed by atoms with Crippen LogP contribution in [0.15, 0.2) is 36.5 Å². The predicted molar refractivity (Wildman–Crippen MR) is 287 cm³/mol. The first-order chi connectivity index (χ1) is 34.2. The second-order valence-corrected chi connectivity index (χ2v) is 20.4. The molecule has 1 saturated heterocycles. The second kappa shape index (κ2) is 47.9. The number of carbonyl (C=O) groups excluding carboxylic acids is 2. The summed E-state index contributed by atoms with van der Waals surface area (Å²) in [5, 5.41) is 56.8. The normalized spacial score (nSPS) is 19.9. The topological polar surface area (TPSA) is 175 Å². The van der Waals surface area contributed by atoms with Crippen LogP contribution in [0.3, 0.4) is 0 Å². The number of esters is 1. The molecule has 6 N–H and O–H groups in total. The van der Waals surface area contributed by atoms with Crippen LogP contribution in [0.5, 0.6) is 0 Å². The molecule has 8 atom stereocenters. The molecule has 0 aromatic heterocycles. The first-order valence-corrected chi connectivity index (χ1v) is 29.3. The number of aliphatic hydroxyl groups excluding tert-OH is 5. The van der Waals surface area contributed by atoms with Gasteiger partial charge in [0.2, 0.25) is 5.91 Å². The van der Waals surface area contributed by atoms with Crippen molar-refractivity contribution in [1.82, 2.24) is 5.32 Å². The number of ether oxygens (including phenoxy) is 3. The third-order valence-corrected chi connectivity index (χ3v) is 13.8. The number of amides is 1. The summed E-state index contributed by atoms with van der Waals surface area (Å²) in [4.78, 5) is 26.4. The number of nitrogens with one attached hydrogen (secondary N) is 1. The summed E-state index contributed by atoms with van der Waals surface area (Å²) in [6, 6.07) is -1.02. The van der Waals surface area contributed by atoms with Crippen molar-refractivity contribution < 1.29 is 49.3 Å². The minimum Gasteiger partial charge on any atom is -0.454 e. The van der Waals surface area contributed by atoms with Crippen LogP contribution in [0.25, 0.3) is 0 Å². The van der Waals surface area contributed by atoms with Crippen molar-refractivity contribution in [3.05, 3.63) is 36.5 Å². The number of rotatable bonds is 49. The highest BCUT2D eigenvalue weighted by atomic mass is 16.7. The van der Waals surface area contributed by atoms with E-state index in [0.29, 0.717) is 19.3 Å². The molecule has 70 heavy (non-hydrogen) atoms. The van der Waals surface area contributed by atoms with Crippen molar-refractivity contribution in [2.45, 2.75) is 314 Å². The van der Waals surface area contributed by atoms with E-state index in [1.54, 1.807) is 6.08 Å². The Morgan fingerprint density at radius 3 is 1.53 bits per heavy atom. The number of hydrogen-bond acceptors (Lipinski definition) is 10. The quantitative estimate of drug-likeness (QED) is 0.0195. The number of unbranched alkanes of at least 4 members (excludes halogenated alkanes) is 31.